The Hall–Kier alpha value is -2.99. The molecule has 25 heavy (non-hydrogen) atoms. The van der Waals surface area contributed by atoms with Crippen molar-refractivity contribution in [3.05, 3.63) is 71.7 Å². The average molecular weight is 339 g/mol. The Morgan fingerprint density at radius 1 is 1.20 bits per heavy atom. The summed E-state index contributed by atoms with van der Waals surface area (Å²) in [5, 5.41) is 5.69. The third-order valence-electron chi connectivity index (χ3n) is 3.89. The van der Waals surface area contributed by atoms with Crippen LogP contribution >= 0.6 is 0 Å². The Balaban J connectivity index is 2.14. The van der Waals surface area contributed by atoms with Crippen molar-refractivity contribution in [1.82, 2.24) is 14.8 Å². The molecular formula is C19H18FN3O2. The molecule has 0 unspecified atom stereocenters. The maximum atomic E-state index is 13.2. The molecular weight excluding hydrogens is 321 g/mol. The number of amides is 1. The fraction of sp³-hybridized carbons (Fsp3) is 0.158. The number of aryl methyl sites for hydroxylation is 1. The largest absolute Gasteiger partial charge is 0.281 e. The second-order valence-corrected chi connectivity index (χ2v) is 5.67. The number of aromatic nitrogens is 2. The summed E-state index contributed by atoms with van der Waals surface area (Å²) in [7, 11) is 2.96. The molecule has 3 rings (SSSR count). The predicted octanol–water partition coefficient (Wildman–Crippen LogP) is 3.62. The van der Waals surface area contributed by atoms with Gasteiger partial charge in [0.25, 0.3) is 5.91 Å². The molecule has 0 aliphatic rings. The van der Waals surface area contributed by atoms with Crippen molar-refractivity contribution >= 4 is 5.91 Å². The summed E-state index contributed by atoms with van der Waals surface area (Å²) >= 11 is 0. The molecule has 0 atom stereocenters. The molecule has 5 nitrogen and oxygen atoms in total. The quantitative estimate of drug-likeness (QED) is 0.682. The van der Waals surface area contributed by atoms with Crippen molar-refractivity contribution in [1.29, 1.82) is 0 Å². The molecule has 0 fully saturated rings. The van der Waals surface area contributed by atoms with Gasteiger partial charge in [0.2, 0.25) is 0 Å². The molecule has 0 aliphatic carbocycles. The second kappa shape index (κ2) is 6.86. The van der Waals surface area contributed by atoms with Crippen molar-refractivity contribution in [3.63, 3.8) is 0 Å². The first-order valence-electron chi connectivity index (χ1n) is 7.74. The molecule has 0 aliphatic heterocycles. The number of hydroxylamine groups is 2. The normalized spacial score (nSPS) is 10.7. The molecule has 1 heterocycles. The minimum Gasteiger partial charge on any atom is -0.274 e. The van der Waals surface area contributed by atoms with Crippen LogP contribution in [-0.2, 0) is 4.84 Å². The van der Waals surface area contributed by atoms with Gasteiger partial charge >= 0.3 is 0 Å². The molecule has 3 aromatic rings. The van der Waals surface area contributed by atoms with Gasteiger partial charge in [0.05, 0.1) is 18.4 Å². The van der Waals surface area contributed by atoms with Crippen molar-refractivity contribution in [2.24, 2.45) is 0 Å². The number of carbonyl (C=O) groups is 1. The van der Waals surface area contributed by atoms with Gasteiger partial charge in [-0.25, -0.2) is 14.1 Å². The highest BCUT2D eigenvalue weighted by molar-refractivity contribution is 5.99. The van der Waals surface area contributed by atoms with Gasteiger partial charge in [-0.3, -0.25) is 9.63 Å². The Morgan fingerprint density at radius 2 is 1.92 bits per heavy atom. The Labute approximate surface area is 145 Å². The van der Waals surface area contributed by atoms with E-state index in [0.717, 1.165) is 16.2 Å². The fourth-order valence-electron chi connectivity index (χ4n) is 2.51. The lowest BCUT2D eigenvalue weighted by molar-refractivity contribution is -0.0756. The van der Waals surface area contributed by atoms with Crippen molar-refractivity contribution in [2.45, 2.75) is 6.92 Å². The van der Waals surface area contributed by atoms with E-state index in [2.05, 4.69) is 5.10 Å². The number of halogens is 1. The van der Waals surface area contributed by atoms with Crippen molar-refractivity contribution in [3.8, 4) is 16.9 Å². The van der Waals surface area contributed by atoms with E-state index in [9.17, 15) is 9.18 Å². The maximum Gasteiger partial charge on any atom is 0.281 e. The molecule has 128 valence electrons. The van der Waals surface area contributed by atoms with Crippen LogP contribution in [0.25, 0.3) is 16.9 Å². The van der Waals surface area contributed by atoms with E-state index in [4.69, 9.17) is 4.84 Å². The van der Waals surface area contributed by atoms with E-state index < -0.39 is 0 Å². The first-order valence-corrected chi connectivity index (χ1v) is 7.74. The van der Waals surface area contributed by atoms with Gasteiger partial charge in [-0.1, -0.05) is 23.8 Å². The number of rotatable bonds is 4. The standard InChI is InChI=1S/C19H18FN3O2/c1-13-5-4-6-14(11-13)18-17(19(24)22(2)25-3)12-23(21-18)16-9-7-15(20)8-10-16/h4-12H,1-3H3. The molecule has 1 amide bonds. The summed E-state index contributed by atoms with van der Waals surface area (Å²) < 4.78 is 14.7. The van der Waals surface area contributed by atoms with Crippen LogP contribution in [0.15, 0.2) is 54.7 Å². The van der Waals surface area contributed by atoms with Crippen LogP contribution in [0.3, 0.4) is 0 Å². The molecule has 0 saturated heterocycles. The summed E-state index contributed by atoms with van der Waals surface area (Å²) in [5.41, 5.74) is 3.50. The summed E-state index contributed by atoms with van der Waals surface area (Å²) in [4.78, 5) is 17.6. The van der Waals surface area contributed by atoms with Crippen LogP contribution in [0, 0.1) is 12.7 Å². The summed E-state index contributed by atoms with van der Waals surface area (Å²) in [6, 6.07) is 13.7. The van der Waals surface area contributed by atoms with E-state index in [1.807, 2.05) is 31.2 Å². The molecule has 0 bridgehead atoms. The van der Waals surface area contributed by atoms with E-state index in [1.165, 1.54) is 26.3 Å². The molecule has 2 aromatic carbocycles. The smallest absolute Gasteiger partial charge is 0.274 e. The molecule has 0 spiro atoms. The summed E-state index contributed by atoms with van der Waals surface area (Å²) in [6.07, 6.45) is 1.63. The monoisotopic (exact) mass is 339 g/mol. The fourth-order valence-corrected chi connectivity index (χ4v) is 2.51. The van der Waals surface area contributed by atoms with Gasteiger partial charge in [0, 0.05) is 18.8 Å². The first kappa shape index (κ1) is 16.9. The van der Waals surface area contributed by atoms with Gasteiger partial charge in [0.1, 0.15) is 11.5 Å². The summed E-state index contributed by atoms with van der Waals surface area (Å²) in [5.74, 6) is -0.641. The first-order chi connectivity index (χ1) is 12.0. The van der Waals surface area contributed by atoms with Crippen LogP contribution in [0.2, 0.25) is 0 Å². The van der Waals surface area contributed by atoms with Crippen LogP contribution in [0.1, 0.15) is 15.9 Å². The highest BCUT2D eigenvalue weighted by Crippen LogP contribution is 2.25. The number of carbonyl (C=O) groups excluding carboxylic acids is 1. The molecule has 0 saturated carbocycles. The Kier molecular flexibility index (Phi) is 4.63. The predicted molar refractivity (Wildman–Crippen MR) is 92.8 cm³/mol. The lowest BCUT2D eigenvalue weighted by Crippen LogP contribution is -2.25. The molecule has 0 radical (unpaired) electrons. The Morgan fingerprint density at radius 3 is 2.56 bits per heavy atom. The zero-order valence-electron chi connectivity index (χ0n) is 14.2. The van der Waals surface area contributed by atoms with E-state index in [-0.39, 0.29) is 11.7 Å². The third-order valence-corrected chi connectivity index (χ3v) is 3.89. The zero-order chi connectivity index (χ0) is 18.0. The SMILES string of the molecule is CON(C)C(=O)c1cn(-c2ccc(F)cc2)nc1-c1cccc(C)c1. The molecule has 0 N–H and O–H groups in total. The number of benzene rings is 2. The Bertz CT molecular complexity index is 903. The number of hydrogen-bond donors (Lipinski definition) is 0. The molecule has 6 heteroatoms. The number of hydrogen-bond acceptors (Lipinski definition) is 3. The summed E-state index contributed by atoms with van der Waals surface area (Å²) in [6.45, 7) is 1.98. The topological polar surface area (TPSA) is 47.4 Å². The maximum absolute atomic E-state index is 13.2. The van der Waals surface area contributed by atoms with Crippen LogP contribution in [0.5, 0.6) is 0 Å². The van der Waals surface area contributed by atoms with Gasteiger partial charge in [-0.15, -0.1) is 0 Å². The van der Waals surface area contributed by atoms with Crippen LogP contribution < -0.4 is 0 Å². The third kappa shape index (κ3) is 3.44. The van der Waals surface area contributed by atoms with E-state index >= 15 is 0 Å². The second-order valence-electron chi connectivity index (χ2n) is 5.67. The minimum absolute atomic E-state index is 0.313. The van der Waals surface area contributed by atoms with Crippen LogP contribution in [0.4, 0.5) is 4.39 Å². The van der Waals surface area contributed by atoms with Gasteiger partial charge in [-0.05, 0) is 37.3 Å². The van der Waals surface area contributed by atoms with Crippen molar-refractivity contribution < 1.29 is 14.0 Å². The van der Waals surface area contributed by atoms with Gasteiger partial charge in [-0.2, -0.15) is 5.10 Å². The van der Waals surface area contributed by atoms with Gasteiger partial charge < -0.3 is 0 Å². The lowest BCUT2D eigenvalue weighted by atomic mass is 10.1. The highest BCUT2D eigenvalue weighted by Gasteiger charge is 2.21. The lowest BCUT2D eigenvalue weighted by Gasteiger charge is -2.13. The van der Waals surface area contributed by atoms with Crippen LogP contribution in [-0.4, -0.2) is 34.9 Å². The molecule has 1 aromatic heterocycles. The minimum atomic E-state index is -0.328. The highest BCUT2D eigenvalue weighted by atomic mass is 19.1. The van der Waals surface area contributed by atoms with Crippen molar-refractivity contribution in [2.75, 3.05) is 14.2 Å². The zero-order valence-corrected chi connectivity index (χ0v) is 14.2. The van der Waals surface area contributed by atoms with Gasteiger partial charge in [0.15, 0.2) is 0 Å². The average Bonchev–Trinajstić information content (AvgIpc) is 3.06. The van der Waals surface area contributed by atoms with E-state index in [1.54, 1.807) is 23.0 Å². The number of nitrogens with zero attached hydrogens (tertiary/aromatic N) is 3. The van der Waals surface area contributed by atoms with E-state index in [0.29, 0.717) is 16.9 Å².